The van der Waals surface area contributed by atoms with Crippen LogP contribution >= 0.6 is 20.2 Å². The third kappa shape index (κ3) is 8.22. The molecule has 2 atom stereocenters. The molecule has 190 valence electrons. The van der Waals surface area contributed by atoms with E-state index in [0.717, 1.165) is 35.5 Å². The van der Waals surface area contributed by atoms with Gasteiger partial charge in [0.25, 0.3) is 0 Å². The third-order valence-corrected chi connectivity index (χ3v) is 14.6. The normalized spacial score (nSPS) is 13.2. The van der Waals surface area contributed by atoms with Crippen molar-refractivity contribution in [2.75, 3.05) is 13.7 Å². The van der Waals surface area contributed by atoms with E-state index in [-0.39, 0.29) is 12.1 Å². The number of aromatic nitrogens is 1. The van der Waals surface area contributed by atoms with Gasteiger partial charge in [-0.2, -0.15) is 0 Å². The molecule has 0 radical (unpaired) electrons. The fourth-order valence-electron chi connectivity index (χ4n) is 3.99. The maximum atomic E-state index is 6.03. The van der Waals surface area contributed by atoms with Crippen LogP contribution in [0.5, 0.6) is 5.75 Å². The zero-order valence-electron chi connectivity index (χ0n) is 21.4. The standard InChI is InChI=1S/C22H27N2O2S.C6H6S.CH3.Sb/c1-15-6-4-8-17(12-15)13-19(23)22-24-20-10-9-18(14-21(20)27-22)26-11-5-7-16(2)25-3;7-6-4-2-1-3-5-6;;/h4,6,8-10,12,14,16,19,23H,5,7,11,13H2,1-3H3;1-5,7H;1H3;/q-1;;;+2/p-1. The Morgan fingerprint density at radius 3 is 2.67 bits per heavy atom. The molecule has 4 aromatic rings. The number of aryl methyl sites for hydroxylation is 1. The molecule has 0 aliphatic carbocycles. The van der Waals surface area contributed by atoms with Crippen LogP contribution in [0.15, 0.2) is 77.7 Å². The summed E-state index contributed by atoms with van der Waals surface area (Å²) < 4.78 is 16.6. The molecule has 1 aromatic heterocycles. The average Bonchev–Trinajstić information content (AvgIpc) is 3.30. The molecule has 0 fully saturated rings. The van der Waals surface area contributed by atoms with Crippen molar-refractivity contribution in [1.82, 2.24) is 8.46 Å². The second-order valence-electron chi connectivity index (χ2n) is 9.00. The van der Waals surface area contributed by atoms with Crippen LogP contribution in [0.4, 0.5) is 0 Å². The number of nitrogens with one attached hydrogen (secondary N) is 1. The van der Waals surface area contributed by atoms with Crippen molar-refractivity contribution < 1.29 is 9.47 Å². The minimum atomic E-state index is -1.79. The number of methoxy groups -OCH3 is 1. The van der Waals surface area contributed by atoms with E-state index < -0.39 is 19.1 Å². The van der Waals surface area contributed by atoms with E-state index in [0.29, 0.717) is 6.61 Å². The van der Waals surface area contributed by atoms with Crippen molar-refractivity contribution in [3.05, 3.63) is 88.9 Å². The van der Waals surface area contributed by atoms with Crippen molar-refractivity contribution in [3.63, 3.8) is 0 Å². The van der Waals surface area contributed by atoms with E-state index in [4.69, 9.17) is 14.5 Å². The van der Waals surface area contributed by atoms with Gasteiger partial charge in [-0.05, 0) is 6.92 Å². The van der Waals surface area contributed by atoms with Crippen LogP contribution < -0.4 is 8.21 Å². The fourth-order valence-corrected chi connectivity index (χ4v) is 12.9. The zero-order chi connectivity index (χ0) is 25.3. The van der Waals surface area contributed by atoms with Gasteiger partial charge in [0.05, 0.1) is 0 Å². The van der Waals surface area contributed by atoms with Crippen LogP contribution in [0.25, 0.3) is 10.2 Å². The first-order valence-electron chi connectivity index (χ1n) is 12.3. The number of benzene rings is 3. The van der Waals surface area contributed by atoms with Crippen LogP contribution in [-0.2, 0) is 11.2 Å². The van der Waals surface area contributed by atoms with Crippen LogP contribution in [0, 0.1) is 6.92 Å². The van der Waals surface area contributed by atoms with E-state index in [9.17, 15) is 0 Å². The van der Waals surface area contributed by atoms with Crippen molar-refractivity contribution in [1.29, 1.82) is 0 Å². The Labute approximate surface area is 229 Å². The fraction of sp³-hybridized carbons (Fsp3) is 0.345. The van der Waals surface area contributed by atoms with Crippen molar-refractivity contribution >= 4 is 49.5 Å². The Morgan fingerprint density at radius 2 is 1.89 bits per heavy atom. The van der Waals surface area contributed by atoms with Crippen molar-refractivity contribution in [3.8, 4) is 5.75 Å². The van der Waals surface area contributed by atoms with E-state index >= 15 is 0 Å². The van der Waals surface area contributed by atoms with Crippen LogP contribution in [0.2, 0.25) is 4.87 Å². The van der Waals surface area contributed by atoms with Gasteiger partial charge in [-0.1, -0.05) is 0 Å². The molecule has 0 saturated carbocycles. The van der Waals surface area contributed by atoms with Gasteiger partial charge in [-0.25, -0.2) is 0 Å². The first-order chi connectivity index (χ1) is 17.5. The Balaban J connectivity index is 1.50. The quantitative estimate of drug-likeness (QED) is 0.122. The number of ether oxygens (including phenoxy) is 2. The van der Waals surface area contributed by atoms with Gasteiger partial charge < -0.3 is 4.74 Å². The van der Waals surface area contributed by atoms with E-state index in [1.54, 1.807) is 18.4 Å². The topological polar surface area (TPSA) is 43.4 Å². The molecule has 0 aliphatic rings. The van der Waals surface area contributed by atoms with Crippen LogP contribution in [-0.4, -0.2) is 43.9 Å². The molecule has 4 rings (SSSR count). The predicted molar refractivity (Wildman–Crippen MR) is 155 cm³/mol. The SMILES string of the molecule is COC(C)CCCOc1ccc2nc(C(Cc3cccc(C)c3)[NH][Sb]([CH3])[S]c3ccccc3)sc2c1. The molecular formula is C29H35N2O2S2Sb. The predicted octanol–water partition coefficient (Wildman–Crippen LogP) is 7.58. The Bertz CT molecular complexity index is 1230. The van der Waals surface area contributed by atoms with E-state index in [1.165, 1.54) is 20.7 Å². The van der Waals surface area contributed by atoms with Gasteiger partial charge in [0.15, 0.2) is 0 Å². The number of hydrogen-bond donors (Lipinski definition) is 1. The average molecular weight is 630 g/mol. The number of thiazole rings is 1. The zero-order valence-corrected chi connectivity index (χ0v) is 25.6. The molecule has 0 spiro atoms. The minimum absolute atomic E-state index is 0.202. The maximum absolute atomic E-state index is 6.03. The van der Waals surface area contributed by atoms with Gasteiger partial charge in [-0.15, -0.1) is 0 Å². The number of hydrogen-bond acceptors (Lipinski definition) is 6. The first kappa shape index (κ1) is 27.5. The summed E-state index contributed by atoms with van der Waals surface area (Å²) in [5.74, 6) is 0.913. The van der Waals surface area contributed by atoms with Gasteiger partial charge in [0, 0.05) is 7.11 Å². The van der Waals surface area contributed by atoms with Gasteiger partial charge in [-0.3, -0.25) is 0 Å². The molecular weight excluding hydrogens is 594 g/mol. The molecule has 0 bridgehead atoms. The van der Waals surface area contributed by atoms with E-state index in [1.807, 2.05) is 14.9 Å². The Hall–Kier alpha value is -1.56. The number of rotatable bonds is 13. The van der Waals surface area contributed by atoms with Crippen molar-refractivity contribution in [2.24, 2.45) is 0 Å². The summed E-state index contributed by atoms with van der Waals surface area (Å²) in [6.07, 6.45) is 3.18. The summed E-state index contributed by atoms with van der Waals surface area (Å²) in [5.41, 5.74) is 3.69. The number of fused-ring (bicyclic) bond motifs is 1. The Morgan fingerprint density at radius 1 is 1.06 bits per heavy atom. The molecule has 0 saturated heterocycles. The molecule has 7 heteroatoms. The number of nitrogens with zero attached hydrogens (tertiary/aromatic N) is 1. The molecule has 4 nitrogen and oxygen atoms in total. The van der Waals surface area contributed by atoms with Crippen LogP contribution in [0.1, 0.15) is 41.9 Å². The van der Waals surface area contributed by atoms with Gasteiger partial charge >= 0.3 is 212 Å². The van der Waals surface area contributed by atoms with Gasteiger partial charge in [0.2, 0.25) is 0 Å². The molecule has 3 aromatic carbocycles. The summed E-state index contributed by atoms with van der Waals surface area (Å²) in [7, 11) is 3.78. The van der Waals surface area contributed by atoms with Gasteiger partial charge in [0.1, 0.15) is 0 Å². The second-order valence-corrected chi connectivity index (χ2v) is 19.5. The second kappa shape index (κ2) is 13.8. The summed E-state index contributed by atoms with van der Waals surface area (Å²) in [4.78, 5) is 8.82. The third-order valence-electron chi connectivity index (χ3n) is 5.95. The first-order valence-corrected chi connectivity index (χ1v) is 20.9. The molecule has 0 amide bonds. The summed E-state index contributed by atoms with van der Waals surface area (Å²) in [6.45, 7) is 4.95. The van der Waals surface area contributed by atoms with Crippen LogP contribution in [0.3, 0.4) is 0 Å². The summed E-state index contributed by atoms with van der Waals surface area (Å²) in [5, 5.41) is 1.16. The summed E-state index contributed by atoms with van der Waals surface area (Å²) in [6, 6.07) is 26.0. The molecule has 1 N–H and O–H groups in total. The molecule has 36 heavy (non-hydrogen) atoms. The molecule has 2 unspecified atom stereocenters. The molecule has 1 heterocycles. The summed E-state index contributed by atoms with van der Waals surface area (Å²) >= 11 is -0.00247. The molecule has 0 aliphatic heterocycles. The van der Waals surface area contributed by atoms with E-state index in [2.05, 4.69) is 88.9 Å². The monoisotopic (exact) mass is 628 g/mol. The Kier molecular flexibility index (Phi) is 10.6. The van der Waals surface area contributed by atoms with Crippen molar-refractivity contribution in [2.45, 2.75) is 55.0 Å².